The first-order valence-corrected chi connectivity index (χ1v) is 9.66. The molecular formula is C19H29N3O4. The second-order valence-electron chi connectivity index (χ2n) is 7.46. The molecule has 1 atom stereocenters. The lowest BCUT2D eigenvalue weighted by molar-refractivity contribution is 0.0801. The molecule has 0 bridgehead atoms. The van der Waals surface area contributed by atoms with E-state index in [0.29, 0.717) is 48.9 Å². The summed E-state index contributed by atoms with van der Waals surface area (Å²) < 4.78 is 10.7. The van der Waals surface area contributed by atoms with Crippen molar-refractivity contribution in [1.29, 1.82) is 0 Å². The van der Waals surface area contributed by atoms with E-state index in [1.807, 2.05) is 20.8 Å². The largest absolute Gasteiger partial charge is 0.450 e. The number of carbonyl (C=O) groups is 2. The molecule has 1 aromatic rings. The number of amides is 2. The monoisotopic (exact) mass is 363 g/mol. The molecule has 1 aliphatic carbocycles. The van der Waals surface area contributed by atoms with Gasteiger partial charge in [-0.3, -0.25) is 4.79 Å². The van der Waals surface area contributed by atoms with Crippen molar-refractivity contribution < 1.29 is 18.7 Å². The van der Waals surface area contributed by atoms with Crippen LogP contribution in [0, 0.1) is 18.8 Å². The van der Waals surface area contributed by atoms with Crippen LogP contribution in [0.4, 0.5) is 4.79 Å². The lowest BCUT2D eigenvalue weighted by Crippen LogP contribution is -2.45. The van der Waals surface area contributed by atoms with Gasteiger partial charge in [0, 0.05) is 25.6 Å². The second-order valence-corrected chi connectivity index (χ2v) is 7.46. The standard InChI is InChI=1S/C19H29N3O4/c1-4-25-19(24)22-9-7-15(8-10-22)12(2)21-18(23)17-13(3)20-16(26-17)11-14-5-6-14/h12,14-15H,4-11H2,1-3H3,(H,21,23)/t12-/m0/s1. The van der Waals surface area contributed by atoms with Crippen LogP contribution >= 0.6 is 0 Å². The zero-order valence-corrected chi connectivity index (χ0v) is 15.9. The molecule has 0 spiro atoms. The number of rotatable bonds is 6. The van der Waals surface area contributed by atoms with Crippen LogP contribution in [0.5, 0.6) is 0 Å². The van der Waals surface area contributed by atoms with Gasteiger partial charge < -0.3 is 19.4 Å². The predicted octanol–water partition coefficient (Wildman–Crippen LogP) is 2.92. The molecule has 1 aliphatic heterocycles. The first-order chi connectivity index (χ1) is 12.5. The van der Waals surface area contributed by atoms with Gasteiger partial charge in [0.05, 0.1) is 12.3 Å². The summed E-state index contributed by atoms with van der Waals surface area (Å²) in [4.78, 5) is 30.5. The molecular weight excluding hydrogens is 334 g/mol. The lowest BCUT2D eigenvalue weighted by atomic mass is 9.90. The second kappa shape index (κ2) is 8.10. The molecule has 0 unspecified atom stereocenters. The topological polar surface area (TPSA) is 84.7 Å². The maximum absolute atomic E-state index is 12.6. The summed E-state index contributed by atoms with van der Waals surface area (Å²) >= 11 is 0. The van der Waals surface area contributed by atoms with E-state index in [0.717, 1.165) is 19.3 Å². The first-order valence-electron chi connectivity index (χ1n) is 9.66. The van der Waals surface area contributed by atoms with Crippen LogP contribution in [-0.4, -0.2) is 47.6 Å². The number of piperidine rings is 1. The van der Waals surface area contributed by atoms with Crippen molar-refractivity contribution in [3.63, 3.8) is 0 Å². The van der Waals surface area contributed by atoms with Crippen LogP contribution in [0.3, 0.4) is 0 Å². The third-order valence-corrected chi connectivity index (χ3v) is 5.34. The van der Waals surface area contributed by atoms with Crippen molar-refractivity contribution in [2.24, 2.45) is 11.8 Å². The fourth-order valence-electron chi connectivity index (χ4n) is 3.51. The minimum Gasteiger partial charge on any atom is -0.450 e. The summed E-state index contributed by atoms with van der Waals surface area (Å²) in [7, 11) is 0. The smallest absolute Gasteiger partial charge is 0.409 e. The van der Waals surface area contributed by atoms with E-state index in [2.05, 4.69) is 10.3 Å². The summed E-state index contributed by atoms with van der Waals surface area (Å²) in [5.41, 5.74) is 0.655. The van der Waals surface area contributed by atoms with Gasteiger partial charge in [0.2, 0.25) is 5.76 Å². The Morgan fingerprint density at radius 3 is 2.62 bits per heavy atom. The van der Waals surface area contributed by atoms with Crippen molar-refractivity contribution in [2.75, 3.05) is 19.7 Å². The molecule has 0 aromatic carbocycles. The Labute approximate surface area is 154 Å². The predicted molar refractivity (Wildman–Crippen MR) is 95.9 cm³/mol. The molecule has 2 aliphatic rings. The number of hydrogen-bond donors (Lipinski definition) is 1. The van der Waals surface area contributed by atoms with Crippen LogP contribution in [0.15, 0.2) is 4.42 Å². The van der Waals surface area contributed by atoms with Gasteiger partial charge in [0.1, 0.15) is 0 Å². The fourth-order valence-corrected chi connectivity index (χ4v) is 3.51. The van der Waals surface area contributed by atoms with Crippen molar-refractivity contribution in [2.45, 2.75) is 58.9 Å². The van der Waals surface area contributed by atoms with E-state index in [1.165, 1.54) is 12.8 Å². The summed E-state index contributed by atoms with van der Waals surface area (Å²) in [6.45, 7) is 7.36. The minimum absolute atomic E-state index is 0.0169. The highest BCUT2D eigenvalue weighted by Crippen LogP contribution is 2.32. The average Bonchev–Trinajstić information content (AvgIpc) is 3.35. The number of nitrogens with zero attached hydrogens (tertiary/aromatic N) is 2. The Kier molecular flexibility index (Phi) is 5.84. The number of likely N-dealkylation sites (tertiary alicyclic amines) is 1. The average molecular weight is 363 g/mol. The molecule has 1 saturated carbocycles. The quantitative estimate of drug-likeness (QED) is 0.840. The van der Waals surface area contributed by atoms with Gasteiger partial charge in [-0.1, -0.05) is 0 Å². The zero-order valence-electron chi connectivity index (χ0n) is 15.9. The Morgan fingerprint density at radius 1 is 1.31 bits per heavy atom. The van der Waals surface area contributed by atoms with E-state index >= 15 is 0 Å². The number of carbonyl (C=O) groups excluding carboxylic acids is 2. The van der Waals surface area contributed by atoms with E-state index in [4.69, 9.17) is 9.15 Å². The maximum atomic E-state index is 12.6. The summed E-state index contributed by atoms with van der Waals surface area (Å²) in [6.07, 6.45) is 4.74. The van der Waals surface area contributed by atoms with E-state index in [9.17, 15) is 9.59 Å². The summed E-state index contributed by atoms with van der Waals surface area (Å²) in [5.74, 6) is 1.81. The van der Waals surface area contributed by atoms with Crippen molar-refractivity contribution in [3.8, 4) is 0 Å². The highest BCUT2D eigenvalue weighted by molar-refractivity contribution is 5.92. The highest BCUT2D eigenvalue weighted by Gasteiger charge is 2.30. The Bertz CT molecular complexity index is 645. The molecule has 1 N–H and O–H groups in total. The number of ether oxygens (including phenoxy) is 1. The highest BCUT2D eigenvalue weighted by atomic mass is 16.6. The molecule has 1 saturated heterocycles. The Balaban J connectivity index is 1.50. The third-order valence-electron chi connectivity index (χ3n) is 5.34. The fraction of sp³-hybridized carbons (Fsp3) is 0.737. The molecule has 144 valence electrons. The van der Waals surface area contributed by atoms with E-state index in [1.54, 1.807) is 4.90 Å². The van der Waals surface area contributed by atoms with Gasteiger partial charge >= 0.3 is 6.09 Å². The molecule has 26 heavy (non-hydrogen) atoms. The van der Waals surface area contributed by atoms with Gasteiger partial charge in [-0.05, 0) is 58.3 Å². The van der Waals surface area contributed by atoms with Gasteiger partial charge in [-0.15, -0.1) is 0 Å². The van der Waals surface area contributed by atoms with Gasteiger partial charge in [-0.2, -0.15) is 0 Å². The molecule has 2 amide bonds. The van der Waals surface area contributed by atoms with Crippen LogP contribution in [0.1, 0.15) is 61.7 Å². The van der Waals surface area contributed by atoms with Crippen LogP contribution < -0.4 is 5.32 Å². The minimum atomic E-state index is -0.247. The van der Waals surface area contributed by atoms with Crippen LogP contribution in [-0.2, 0) is 11.2 Å². The van der Waals surface area contributed by atoms with Crippen molar-refractivity contribution in [3.05, 3.63) is 17.3 Å². The zero-order chi connectivity index (χ0) is 18.7. The molecule has 2 heterocycles. The Hall–Kier alpha value is -2.05. The normalized spacial score (nSPS) is 19.3. The Morgan fingerprint density at radius 2 is 2.00 bits per heavy atom. The van der Waals surface area contributed by atoms with Gasteiger partial charge in [0.15, 0.2) is 5.89 Å². The lowest BCUT2D eigenvalue weighted by Gasteiger charge is -2.34. The molecule has 7 heteroatoms. The molecule has 7 nitrogen and oxygen atoms in total. The van der Waals surface area contributed by atoms with Crippen LogP contribution in [0.2, 0.25) is 0 Å². The third kappa shape index (κ3) is 4.56. The SMILES string of the molecule is CCOC(=O)N1CCC([C@H](C)NC(=O)c2oc(CC3CC3)nc2C)CC1. The molecule has 1 aromatic heterocycles. The van der Waals surface area contributed by atoms with Gasteiger partial charge in [0.25, 0.3) is 5.91 Å². The van der Waals surface area contributed by atoms with Gasteiger partial charge in [-0.25, -0.2) is 9.78 Å². The maximum Gasteiger partial charge on any atom is 0.409 e. The van der Waals surface area contributed by atoms with Crippen LogP contribution in [0.25, 0.3) is 0 Å². The first kappa shape index (κ1) is 18.7. The number of nitrogens with one attached hydrogen (secondary N) is 1. The molecule has 2 fully saturated rings. The number of hydrogen-bond acceptors (Lipinski definition) is 5. The summed E-state index contributed by atoms with van der Waals surface area (Å²) in [5, 5.41) is 3.05. The number of oxazole rings is 1. The molecule has 3 rings (SSSR count). The van der Waals surface area contributed by atoms with Crippen molar-refractivity contribution in [1.82, 2.24) is 15.2 Å². The van der Waals surface area contributed by atoms with E-state index in [-0.39, 0.29) is 18.0 Å². The summed E-state index contributed by atoms with van der Waals surface area (Å²) in [6, 6.07) is 0.0169. The molecule has 0 radical (unpaired) electrons. The number of aromatic nitrogens is 1. The number of aryl methyl sites for hydroxylation is 1. The van der Waals surface area contributed by atoms with Crippen molar-refractivity contribution >= 4 is 12.0 Å². The van der Waals surface area contributed by atoms with E-state index < -0.39 is 0 Å².